The minimum Gasteiger partial charge on any atom is -0.462 e. The highest BCUT2D eigenvalue weighted by Gasteiger charge is 2.20. The van der Waals surface area contributed by atoms with E-state index < -0.39 is 24.0 Å². The van der Waals surface area contributed by atoms with Gasteiger partial charge in [-0.3, -0.25) is 9.59 Å². The van der Waals surface area contributed by atoms with Gasteiger partial charge in [0.15, 0.2) is 0 Å². The Hall–Kier alpha value is -2.40. The van der Waals surface area contributed by atoms with Gasteiger partial charge in [-0.1, -0.05) is 5.11 Å². The predicted octanol–water partition coefficient (Wildman–Crippen LogP) is -0.471. The molecule has 154 valence electrons. The van der Waals surface area contributed by atoms with Crippen LogP contribution in [-0.4, -0.2) is 83.2 Å². The van der Waals surface area contributed by atoms with Crippen molar-refractivity contribution in [3.8, 4) is 0 Å². The zero-order valence-electron chi connectivity index (χ0n) is 15.6. The molecule has 12 heteroatoms. The first-order chi connectivity index (χ1) is 13.0. The monoisotopic (exact) mass is 389 g/mol. The van der Waals surface area contributed by atoms with E-state index in [2.05, 4.69) is 20.7 Å². The number of esters is 1. The topological polar surface area (TPSA) is 161 Å². The van der Waals surface area contributed by atoms with Crippen LogP contribution in [0.4, 0.5) is 0 Å². The second-order valence-corrected chi connectivity index (χ2v) is 5.20. The molecule has 0 aliphatic heterocycles. The van der Waals surface area contributed by atoms with E-state index in [1.165, 1.54) is 13.8 Å². The number of carbonyl (C=O) groups excluding carboxylic acids is 3. The van der Waals surface area contributed by atoms with Crippen LogP contribution in [0.2, 0.25) is 0 Å². The Morgan fingerprint density at radius 2 is 1.56 bits per heavy atom. The van der Waals surface area contributed by atoms with Crippen LogP contribution in [0.1, 0.15) is 13.8 Å². The molecule has 0 radical (unpaired) electrons. The molecule has 0 aliphatic rings. The van der Waals surface area contributed by atoms with Crippen molar-refractivity contribution in [2.75, 3.05) is 52.8 Å². The molecule has 0 fully saturated rings. The van der Waals surface area contributed by atoms with Gasteiger partial charge in [-0.25, -0.2) is 4.79 Å². The third kappa shape index (κ3) is 14.5. The van der Waals surface area contributed by atoms with Crippen molar-refractivity contribution in [3.05, 3.63) is 10.4 Å². The van der Waals surface area contributed by atoms with Crippen molar-refractivity contribution in [3.63, 3.8) is 0 Å². The summed E-state index contributed by atoms with van der Waals surface area (Å²) in [6.45, 7) is 5.33. The Labute approximate surface area is 157 Å². The van der Waals surface area contributed by atoms with E-state index in [4.69, 9.17) is 24.5 Å². The molecule has 0 unspecified atom stereocenters. The summed E-state index contributed by atoms with van der Waals surface area (Å²) in [5, 5.41) is 8.04. The van der Waals surface area contributed by atoms with Crippen molar-refractivity contribution >= 4 is 18.3 Å². The normalized spacial score (nSPS) is 12.4. The molecular formula is C15H27N5O7. The number of rotatable bonds is 17. The van der Waals surface area contributed by atoms with Crippen LogP contribution in [0.3, 0.4) is 0 Å². The third-order valence-electron chi connectivity index (χ3n) is 3.04. The van der Waals surface area contributed by atoms with Gasteiger partial charge in [0.05, 0.1) is 39.6 Å². The molecule has 27 heavy (non-hydrogen) atoms. The Kier molecular flexibility index (Phi) is 15.5. The lowest BCUT2D eigenvalue weighted by Gasteiger charge is -2.16. The van der Waals surface area contributed by atoms with E-state index in [1.54, 1.807) is 0 Å². The largest absolute Gasteiger partial charge is 0.462 e. The molecular weight excluding hydrogens is 362 g/mol. The van der Waals surface area contributed by atoms with Crippen LogP contribution in [0, 0.1) is 0 Å². The number of hydrogen-bond donors (Lipinski definition) is 2. The fourth-order valence-electron chi connectivity index (χ4n) is 1.59. The summed E-state index contributed by atoms with van der Waals surface area (Å²) in [5.41, 5.74) is 8.06. The Morgan fingerprint density at radius 1 is 1.00 bits per heavy atom. The van der Waals surface area contributed by atoms with Crippen molar-refractivity contribution in [1.82, 2.24) is 10.6 Å². The molecule has 2 atom stereocenters. The molecule has 0 aliphatic carbocycles. The summed E-state index contributed by atoms with van der Waals surface area (Å²) in [6.07, 6.45) is 0.410. The van der Waals surface area contributed by atoms with E-state index in [1.807, 2.05) is 0 Å². The second kappa shape index (κ2) is 17.0. The lowest BCUT2D eigenvalue weighted by atomic mass is 10.2. The minimum atomic E-state index is -0.837. The zero-order chi connectivity index (χ0) is 20.3. The first-order valence-electron chi connectivity index (χ1n) is 8.43. The zero-order valence-corrected chi connectivity index (χ0v) is 15.6. The Morgan fingerprint density at radius 3 is 2.11 bits per heavy atom. The quantitative estimate of drug-likeness (QED) is 0.0848. The van der Waals surface area contributed by atoms with E-state index in [-0.39, 0.29) is 19.8 Å². The van der Waals surface area contributed by atoms with Gasteiger partial charge in [0.25, 0.3) is 0 Å². The number of amides is 2. The second-order valence-electron chi connectivity index (χ2n) is 5.20. The lowest BCUT2D eigenvalue weighted by molar-refractivity contribution is -0.149. The van der Waals surface area contributed by atoms with Gasteiger partial charge in [-0.15, -0.1) is 0 Å². The SMILES string of the molecule is C[C@H](NC=O)C(=O)N[C@H](C)C(=O)OCCOCCOCCOCCN=[N+]=[N-]. The molecule has 0 saturated carbocycles. The maximum Gasteiger partial charge on any atom is 0.328 e. The highest BCUT2D eigenvalue weighted by Crippen LogP contribution is 1.91. The van der Waals surface area contributed by atoms with Gasteiger partial charge in [0, 0.05) is 11.5 Å². The lowest BCUT2D eigenvalue weighted by Crippen LogP contribution is -2.48. The van der Waals surface area contributed by atoms with Crippen LogP contribution < -0.4 is 10.6 Å². The molecule has 0 bridgehead atoms. The van der Waals surface area contributed by atoms with Gasteiger partial charge < -0.3 is 29.6 Å². The van der Waals surface area contributed by atoms with Crippen LogP contribution in [0.15, 0.2) is 5.11 Å². The summed E-state index contributed by atoms with van der Waals surface area (Å²) in [6, 6.07) is -1.58. The van der Waals surface area contributed by atoms with E-state index in [0.717, 1.165) is 0 Å². The van der Waals surface area contributed by atoms with Gasteiger partial charge in [0.2, 0.25) is 12.3 Å². The summed E-state index contributed by atoms with van der Waals surface area (Å²) >= 11 is 0. The summed E-state index contributed by atoms with van der Waals surface area (Å²) in [4.78, 5) is 36.2. The number of azide groups is 1. The molecule has 0 aromatic heterocycles. The minimum absolute atomic E-state index is 0.0453. The van der Waals surface area contributed by atoms with Gasteiger partial charge >= 0.3 is 5.97 Å². The molecule has 2 N–H and O–H groups in total. The molecule has 0 saturated heterocycles. The van der Waals surface area contributed by atoms with Crippen molar-refractivity contribution in [2.45, 2.75) is 25.9 Å². The van der Waals surface area contributed by atoms with Crippen LogP contribution in [0.5, 0.6) is 0 Å². The average Bonchev–Trinajstić information content (AvgIpc) is 2.65. The number of ether oxygens (including phenoxy) is 4. The smallest absolute Gasteiger partial charge is 0.328 e. The van der Waals surface area contributed by atoms with E-state index in [0.29, 0.717) is 39.4 Å². The standard InChI is InChI=1S/C15H27N5O7/c1-12(17-11-21)14(22)19-13(2)15(23)27-10-9-26-8-7-25-6-5-24-4-3-18-20-16/h11-13H,3-10H2,1-2H3,(H,17,21)(H,19,22)/t12-,13+/m0/s1. The highest BCUT2D eigenvalue weighted by atomic mass is 16.6. The molecule has 2 amide bonds. The number of hydrogen-bond acceptors (Lipinski definition) is 8. The van der Waals surface area contributed by atoms with E-state index in [9.17, 15) is 14.4 Å². The average molecular weight is 389 g/mol. The molecule has 0 heterocycles. The fraction of sp³-hybridized carbons (Fsp3) is 0.800. The molecule has 0 aromatic rings. The molecule has 0 rings (SSSR count). The van der Waals surface area contributed by atoms with Crippen LogP contribution >= 0.6 is 0 Å². The van der Waals surface area contributed by atoms with Crippen LogP contribution in [0.25, 0.3) is 10.4 Å². The van der Waals surface area contributed by atoms with Crippen molar-refractivity contribution in [1.29, 1.82) is 0 Å². The summed E-state index contributed by atoms with van der Waals surface area (Å²) < 4.78 is 20.6. The summed E-state index contributed by atoms with van der Waals surface area (Å²) in [5.74, 6) is -1.08. The Balaban J connectivity index is 3.53. The number of nitrogens with one attached hydrogen (secondary N) is 2. The van der Waals surface area contributed by atoms with Crippen molar-refractivity contribution < 1.29 is 33.3 Å². The maximum absolute atomic E-state index is 11.7. The van der Waals surface area contributed by atoms with Crippen molar-refractivity contribution in [2.24, 2.45) is 5.11 Å². The van der Waals surface area contributed by atoms with Gasteiger partial charge in [0.1, 0.15) is 18.7 Å². The molecule has 12 nitrogen and oxygen atoms in total. The number of nitrogens with zero attached hydrogens (tertiary/aromatic N) is 3. The highest BCUT2D eigenvalue weighted by molar-refractivity contribution is 5.88. The first kappa shape index (κ1) is 24.6. The maximum atomic E-state index is 11.7. The Bertz CT molecular complexity index is 485. The number of carbonyl (C=O) groups is 3. The van der Waals surface area contributed by atoms with E-state index >= 15 is 0 Å². The van der Waals surface area contributed by atoms with Crippen LogP contribution in [-0.2, 0) is 33.3 Å². The van der Waals surface area contributed by atoms with Gasteiger partial charge in [-0.2, -0.15) is 0 Å². The fourth-order valence-corrected chi connectivity index (χ4v) is 1.59. The van der Waals surface area contributed by atoms with Gasteiger partial charge in [-0.05, 0) is 19.4 Å². The predicted molar refractivity (Wildman–Crippen MR) is 93.7 cm³/mol. The molecule has 0 aromatic carbocycles. The molecule has 0 spiro atoms. The summed E-state index contributed by atoms with van der Waals surface area (Å²) in [7, 11) is 0. The first-order valence-corrected chi connectivity index (χ1v) is 8.43. The third-order valence-corrected chi connectivity index (χ3v) is 3.04.